The minimum atomic E-state index is -0.142. The Balaban J connectivity index is 1.76. The largest absolute Gasteiger partial charge is 0.394 e. The van der Waals surface area contributed by atoms with E-state index in [1.165, 1.54) is 0 Å². The van der Waals surface area contributed by atoms with Crippen molar-refractivity contribution in [2.45, 2.75) is 38.8 Å². The summed E-state index contributed by atoms with van der Waals surface area (Å²) in [4.78, 5) is 28.3. The third-order valence-electron chi connectivity index (χ3n) is 5.72. The fourth-order valence-electron chi connectivity index (χ4n) is 4.16. The van der Waals surface area contributed by atoms with E-state index in [4.69, 9.17) is 0 Å². The summed E-state index contributed by atoms with van der Waals surface area (Å²) < 4.78 is 0. The van der Waals surface area contributed by atoms with Gasteiger partial charge in [-0.3, -0.25) is 4.79 Å². The van der Waals surface area contributed by atoms with Crippen LogP contribution in [0, 0.1) is 18.8 Å². The van der Waals surface area contributed by atoms with Gasteiger partial charge in [-0.15, -0.1) is 0 Å². The van der Waals surface area contributed by atoms with Crippen LogP contribution in [0.3, 0.4) is 0 Å². The molecule has 3 fully saturated rings. The zero-order valence-corrected chi connectivity index (χ0v) is 14.5. The summed E-state index contributed by atoms with van der Waals surface area (Å²) in [6.45, 7) is 3.99. The average Bonchev–Trinajstić information content (AvgIpc) is 2.60. The fraction of sp³-hybridized carbons (Fsp3) is 0.474. The molecule has 2 aromatic rings. The first-order chi connectivity index (χ1) is 12.1. The van der Waals surface area contributed by atoms with Gasteiger partial charge in [0.05, 0.1) is 18.2 Å². The lowest BCUT2D eigenvalue weighted by atomic mass is 9.64. The Morgan fingerprint density at radius 3 is 2.68 bits per heavy atom. The summed E-state index contributed by atoms with van der Waals surface area (Å²) in [6.07, 6.45) is 5.36. The lowest BCUT2D eigenvalue weighted by molar-refractivity contribution is -0.0704. The standard InChI is InChI=1S/C19H22N4O2/c1-11-4-5-15(18-20-6-3-7-21-18)17(22-11)19(25)23-14-8-13(9-14)12(2)16(23)10-24/h3-7,12-14,16,24H,8-10H2,1-2H3/t12-,13?,14?,16+/m0/s1. The van der Waals surface area contributed by atoms with Crippen LogP contribution in [0.4, 0.5) is 0 Å². The Hall–Kier alpha value is -2.34. The number of aryl methyl sites for hydroxylation is 1. The molecule has 2 atom stereocenters. The van der Waals surface area contributed by atoms with Gasteiger partial charge in [0.2, 0.25) is 0 Å². The van der Waals surface area contributed by atoms with Crippen molar-refractivity contribution in [2.75, 3.05) is 6.61 Å². The summed E-state index contributed by atoms with van der Waals surface area (Å²) in [5.41, 5.74) is 1.80. The third kappa shape index (κ3) is 2.61. The van der Waals surface area contributed by atoms with Crippen LogP contribution >= 0.6 is 0 Å². The van der Waals surface area contributed by atoms with Gasteiger partial charge in [-0.2, -0.15) is 0 Å². The molecule has 1 amide bonds. The van der Waals surface area contributed by atoms with Crippen molar-refractivity contribution in [3.05, 3.63) is 42.0 Å². The predicted octanol–water partition coefficient (Wildman–Crippen LogP) is 2.08. The normalized spacial score (nSPS) is 27.7. The molecule has 0 radical (unpaired) electrons. The van der Waals surface area contributed by atoms with Crippen molar-refractivity contribution in [1.29, 1.82) is 0 Å². The SMILES string of the molecule is Cc1ccc(-c2ncccn2)c(C(=O)N2C3CC(C3)[C@H](C)[C@H]2CO)n1. The summed E-state index contributed by atoms with van der Waals surface area (Å²) in [5, 5.41) is 9.87. The van der Waals surface area contributed by atoms with Gasteiger partial charge < -0.3 is 10.0 Å². The molecule has 25 heavy (non-hydrogen) atoms. The Labute approximate surface area is 147 Å². The molecule has 2 saturated heterocycles. The van der Waals surface area contributed by atoms with Crippen LogP contribution in [-0.4, -0.2) is 49.6 Å². The maximum absolute atomic E-state index is 13.4. The van der Waals surface area contributed by atoms with Crippen molar-refractivity contribution in [3.63, 3.8) is 0 Å². The minimum Gasteiger partial charge on any atom is -0.394 e. The summed E-state index contributed by atoms with van der Waals surface area (Å²) in [5.74, 6) is 1.30. The molecule has 0 unspecified atom stereocenters. The molecule has 6 nitrogen and oxygen atoms in total. The molecule has 5 rings (SSSR count). The second-order valence-electron chi connectivity index (χ2n) is 7.13. The van der Waals surface area contributed by atoms with E-state index < -0.39 is 0 Å². The number of aliphatic hydroxyl groups excluding tert-OH is 1. The molecule has 130 valence electrons. The van der Waals surface area contributed by atoms with Gasteiger partial charge in [-0.25, -0.2) is 15.0 Å². The first-order valence-electron chi connectivity index (χ1n) is 8.78. The highest BCUT2D eigenvalue weighted by Gasteiger charge is 2.50. The molecule has 1 N–H and O–H groups in total. The number of fused-ring (bicyclic) bond motifs is 2. The topological polar surface area (TPSA) is 79.2 Å². The molecule has 1 saturated carbocycles. The van der Waals surface area contributed by atoms with Crippen molar-refractivity contribution in [1.82, 2.24) is 19.9 Å². The minimum absolute atomic E-state index is 0.0110. The van der Waals surface area contributed by atoms with Gasteiger partial charge in [-0.05, 0) is 49.8 Å². The number of carbonyl (C=O) groups excluding carboxylic acids is 1. The van der Waals surface area contributed by atoms with Gasteiger partial charge in [0, 0.05) is 24.1 Å². The van der Waals surface area contributed by atoms with Crippen LogP contribution in [0.15, 0.2) is 30.6 Å². The van der Waals surface area contributed by atoms with Gasteiger partial charge in [0.25, 0.3) is 5.91 Å². The Morgan fingerprint density at radius 1 is 1.28 bits per heavy atom. The van der Waals surface area contributed by atoms with Crippen LogP contribution in [0.5, 0.6) is 0 Å². The molecule has 0 spiro atoms. The van der Waals surface area contributed by atoms with Gasteiger partial charge in [0.15, 0.2) is 5.82 Å². The van der Waals surface area contributed by atoms with Crippen molar-refractivity contribution in [3.8, 4) is 11.4 Å². The Kier molecular flexibility index (Phi) is 4.00. The molecular weight excluding hydrogens is 316 g/mol. The van der Waals surface area contributed by atoms with E-state index in [2.05, 4.69) is 21.9 Å². The first kappa shape index (κ1) is 16.1. The molecule has 2 aromatic heterocycles. The zero-order valence-electron chi connectivity index (χ0n) is 14.5. The number of piperidine rings is 2. The molecule has 1 aliphatic carbocycles. The van der Waals surface area contributed by atoms with E-state index in [-0.39, 0.29) is 24.6 Å². The van der Waals surface area contributed by atoms with E-state index in [1.807, 2.05) is 24.0 Å². The number of amides is 1. The molecular formula is C19H22N4O2. The molecule has 4 heterocycles. The predicted molar refractivity (Wildman–Crippen MR) is 92.7 cm³/mol. The maximum Gasteiger partial charge on any atom is 0.273 e. The number of carbonyl (C=O) groups is 1. The number of hydrogen-bond acceptors (Lipinski definition) is 5. The quantitative estimate of drug-likeness (QED) is 0.927. The van der Waals surface area contributed by atoms with Crippen molar-refractivity contribution >= 4 is 5.91 Å². The summed E-state index contributed by atoms with van der Waals surface area (Å²) >= 11 is 0. The van der Waals surface area contributed by atoms with Gasteiger partial charge >= 0.3 is 0 Å². The van der Waals surface area contributed by atoms with E-state index in [0.29, 0.717) is 28.9 Å². The molecule has 0 aromatic carbocycles. The highest BCUT2D eigenvalue weighted by molar-refractivity contribution is 5.98. The van der Waals surface area contributed by atoms with Crippen LogP contribution in [0.25, 0.3) is 11.4 Å². The highest BCUT2D eigenvalue weighted by Crippen LogP contribution is 2.46. The lowest BCUT2D eigenvalue weighted by Gasteiger charge is -2.56. The maximum atomic E-state index is 13.4. The Bertz CT molecular complexity index is 789. The number of rotatable bonds is 3. The van der Waals surface area contributed by atoms with E-state index in [9.17, 15) is 9.90 Å². The second kappa shape index (κ2) is 6.19. The number of nitrogens with zero attached hydrogens (tertiary/aromatic N) is 4. The van der Waals surface area contributed by atoms with Crippen LogP contribution in [-0.2, 0) is 0 Å². The van der Waals surface area contributed by atoms with Gasteiger partial charge in [0.1, 0.15) is 5.69 Å². The number of aliphatic hydroxyl groups is 1. The molecule has 3 aliphatic rings. The van der Waals surface area contributed by atoms with E-state index in [1.54, 1.807) is 18.5 Å². The van der Waals surface area contributed by atoms with Crippen LogP contribution in [0.2, 0.25) is 0 Å². The molecule has 6 heteroatoms. The summed E-state index contributed by atoms with van der Waals surface area (Å²) in [7, 11) is 0. The number of aromatic nitrogens is 3. The van der Waals surface area contributed by atoms with E-state index >= 15 is 0 Å². The molecule has 2 bridgehead atoms. The fourth-order valence-corrected chi connectivity index (χ4v) is 4.16. The van der Waals surface area contributed by atoms with Crippen LogP contribution < -0.4 is 0 Å². The zero-order chi connectivity index (χ0) is 17.6. The third-order valence-corrected chi connectivity index (χ3v) is 5.72. The summed E-state index contributed by atoms with van der Waals surface area (Å²) in [6, 6.07) is 5.53. The average molecular weight is 338 g/mol. The Morgan fingerprint density at radius 2 is 2.00 bits per heavy atom. The lowest BCUT2D eigenvalue weighted by Crippen LogP contribution is -2.64. The first-order valence-corrected chi connectivity index (χ1v) is 8.78. The number of hydrogen-bond donors (Lipinski definition) is 1. The number of pyridine rings is 1. The van der Waals surface area contributed by atoms with Crippen LogP contribution in [0.1, 0.15) is 35.9 Å². The highest BCUT2D eigenvalue weighted by atomic mass is 16.3. The monoisotopic (exact) mass is 338 g/mol. The van der Waals surface area contributed by atoms with E-state index in [0.717, 1.165) is 18.5 Å². The van der Waals surface area contributed by atoms with Gasteiger partial charge in [-0.1, -0.05) is 6.92 Å². The second-order valence-corrected chi connectivity index (χ2v) is 7.13. The van der Waals surface area contributed by atoms with Crippen molar-refractivity contribution < 1.29 is 9.90 Å². The smallest absolute Gasteiger partial charge is 0.273 e. The molecule has 2 aliphatic heterocycles. The van der Waals surface area contributed by atoms with Crippen molar-refractivity contribution in [2.24, 2.45) is 11.8 Å².